The Morgan fingerprint density at radius 3 is 2.92 bits per heavy atom. The van der Waals surface area contributed by atoms with Crippen molar-refractivity contribution in [3.05, 3.63) is 23.5 Å². The number of hydrogen-bond donors (Lipinski definition) is 2. The number of halogens is 1. The van der Waals surface area contributed by atoms with Gasteiger partial charge in [0, 0.05) is 0 Å². The summed E-state index contributed by atoms with van der Waals surface area (Å²) in [4.78, 5) is 14.5. The Kier molecular flexibility index (Phi) is 3.01. The fourth-order valence-electron chi connectivity index (χ4n) is 0.662. The first kappa shape index (κ1) is 8.96. The molecule has 0 unspecified atom stereocenters. The lowest BCUT2D eigenvalue weighted by Crippen LogP contribution is -2.21. The van der Waals surface area contributed by atoms with Gasteiger partial charge in [-0.25, -0.2) is 4.98 Å². The predicted octanol–water partition coefficient (Wildman–Crippen LogP) is 0.632. The molecule has 0 fully saturated rings. The van der Waals surface area contributed by atoms with Gasteiger partial charge in [-0.05, 0) is 12.1 Å². The molecule has 1 aromatic rings. The molecule has 0 aromatic carbocycles. The van der Waals surface area contributed by atoms with Gasteiger partial charge >= 0.3 is 0 Å². The fourth-order valence-corrected chi connectivity index (χ4v) is 0.774. The van der Waals surface area contributed by atoms with Crippen molar-refractivity contribution in [3.63, 3.8) is 0 Å². The Bertz CT molecular complexity index is 272. The van der Waals surface area contributed by atoms with Crippen molar-refractivity contribution in [2.75, 3.05) is 11.9 Å². The van der Waals surface area contributed by atoms with Crippen molar-refractivity contribution < 1.29 is 4.79 Å². The average Bonchev–Trinajstić information content (AvgIpc) is 2.09. The van der Waals surface area contributed by atoms with Gasteiger partial charge < -0.3 is 11.1 Å². The van der Waals surface area contributed by atoms with E-state index in [1.54, 1.807) is 12.1 Å². The number of amides is 1. The number of pyridine rings is 1. The fraction of sp³-hybridized carbons (Fsp3) is 0.143. The summed E-state index contributed by atoms with van der Waals surface area (Å²) in [5.41, 5.74) is 5.68. The molecule has 12 heavy (non-hydrogen) atoms. The Morgan fingerprint density at radius 1 is 1.67 bits per heavy atom. The van der Waals surface area contributed by atoms with Crippen LogP contribution in [0.3, 0.4) is 0 Å². The maximum absolute atomic E-state index is 10.8. The standard InChI is InChI=1S/C7H8ClN3O/c8-6-2-1-5(4-10-6)11-7(12)3-9/h1-2,4H,3,9H2,(H,11,12). The van der Waals surface area contributed by atoms with Crippen LogP contribution in [0, 0.1) is 0 Å². The second-order valence-electron chi connectivity index (χ2n) is 2.12. The molecule has 4 nitrogen and oxygen atoms in total. The van der Waals surface area contributed by atoms with Gasteiger partial charge in [-0.3, -0.25) is 4.79 Å². The first-order valence-electron chi connectivity index (χ1n) is 3.34. The van der Waals surface area contributed by atoms with E-state index in [1.807, 2.05) is 0 Å². The molecule has 3 N–H and O–H groups in total. The number of aromatic nitrogens is 1. The van der Waals surface area contributed by atoms with E-state index in [0.717, 1.165) is 0 Å². The van der Waals surface area contributed by atoms with Crippen molar-refractivity contribution in [2.45, 2.75) is 0 Å². The topological polar surface area (TPSA) is 68.0 Å². The highest BCUT2D eigenvalue weighted by Gasteiger charge is 1.98. The Morgan fingerprint density at radius 2 is 2.42 bits per heavy atom. The van der Waals surface area contributed by atoms with Gasteiger partial charge in [0.05, 0.1) is 18.4 Å². The molecule has 1 rings (SSSR count). The van der Waals surface area contributed by atoms with Crippen molar-refractivity contribution in [3.8, 4) is 0 Å². The number of nitrogens with one attached hydrogen (secondary N) is 1. The van der Waals surface area contributed by atoms with E-state index in [2.05, 4.69) is 10.3 Å². The van der Waals surface area contributed by atoms with E-state index in [4.69, 9.17) is 17.3 Å². The zero-order valence-corrected chi connectivity index (χ0v) is 7.01. The summed E-state index contributed by atoms with van der Waals surface area (Å²) in [5, 5.41) is 2.92. The predicted molar refractivity (Wildman–Crippen MR) is 46.9 cm³/mol. The summed E-state index contributed by atoms with van der Waals surface area (Å²) in [6, 6.07) is 3.25. The minimum Gasteiger partial charge on any atom is -0.324 e. The lowest BCUT2D eigenvalue weighted by molar-refractivity contribution is -0.114. The van der Waals surface area contributed by atoms with Crippen LogP contribution in [0.25, 0.3) is 0 Å². The number of hydrogen-bond acceptors (Lipinski definition) is 3. The summed E-state index contributed by atoms with van der Waals surface area (Å²) >= 11 is 5.53. The zero-order valence-electron chi connectivity index (χ0n) is 6.25. The molecule has 0 saturated carbocycles. The number of carbonyl (C=O) groups is 1. The maximum Gasteiger partial charge on any atom is 0.238 e. The van der Waals surface area contributed by atoms with Crippen LogP contribution in [0.2, 0.25) is 5.15 Å². The minimum absolute atomic E-state index is 0.0391. The number of carbonyl (C=O) groups excluding carboxylic acids is 1. The highest BCUT2D eigenvalue weighted by Crippen LogP contribution is 2.08. The molecule has 0 bridgehead atoms. The van der Waals surface area contributed by atoms with Crippen molar-refractivity contribution in [1.82, 2.24) is 4.98 Å². The quantitative estimate of drug-likeness (QED) is 0.665. The molecule has 0 aliphatic carbocycles. The van der Waals surface area contributed by atoms with Crippen LogP contribution in [0.4, 0.5) is 5.69 Å². The van der Waals surface area contributed by atoms with E-state index in [1.165, 1.54) is 6.20 Å². The van der Waals surface area contributed by atoms with E-state index < -0.39 is 0 Å². The largest absolute Gasteiger partial charge is 0.324 e. The van der Waals surface area contributed by atoms with Crippen LogP contribution in [0.5, 0.6) is 0 Å². The normalized spacial score (nSPS) is 9.50. The SMILES string of the molecule is NCC(=O)Nc1ccc(Cl)nc1. The van der Waals surface area contributed by atoms with Crippen molar-refractivity contribution in [2.24, 2.45) is 5.73 Å². The Labute approximate surface area is 74.7 Å². The van der Waals surface area contributed by atoms with Gasteiger partial charge in [0.15, 0.2) is 0 Å². The molecule has 0 atom stereocenters. The third kappa shape index (κ3) is 2.48. The molecule has 0 saturated heterocycles. The molecule has 0 radical (unpaired) electrons. The number of rotatable bonds is 2. The highest BCUT2D eigenvalue weighted by molar-refractivity contribution is 6.29. The number of nitrogens with zero attached hydrogens (tertiary/aromatic N) is 1. The Balaban J connectivity index is 2.64. The number of nitrogens with two attached hydrogens (primary N) is 1. The van der Waals surface area contributed by atoms with Crippen LogP contribution in [0.1, 0.15) is 0 Å². The summed E-state index contributed by atoms with van der Waals surface area (Å²) in [5.74, 6) is -0.251. The summed E-state index contributed by atoms with van der Waals surface area (Å²) in [6.45, 7) is -0.0391. The molecule has 64 valence electrons. The molecule has 5 heteroatoms. The van der Waals surface area contributed by atoms with Gasteiger partial charge in [0.25, 0.3) is 0 Å². The highest BCUT2D eigenvalue weighted by atomic mass is 35.5. The van der Waals surface area contributed by atoms with E-state index in [-0.39, 0.29) is 12.5 Å². The third-order valence-corrected chi connectivity index (χ3v) is 1.42. The van der Waals surface area contributed by atoms with Gasteiger partial charge in [0.2, 0.25) is 5.91 Å². The minimum atomic E-state index is -0.251. The van der Waals surface area contributed by atoms with Gasteiger partial charge in [0.1, 0.15) is 5.15 Å². The summed E-state index contributed by atoms with van der Waals surface area (Å²) in [7, 11) is 0. The second kappa shape index (κ2) is 4.04. The molecule has 1 amide bonds. The van der Waals surface area contributed by atoms with E-state index in [9.17, 15) is 4.79 Å². The molecular weight excluding hydrogens is 178 g/mol. The van der Waals surface area contributed by atoms with Crippen molar-refractivity contribution >= 4 is 23.2 Å². The first-order chi connectivity index (χ1) is 5.72. The maximum atomic E-state index is 10.8. The van der Waals surface area contributed by atoms with Crippen LogP contribution in [-0.4, -0.2) is 17.4 Å². The van der Waals surface area contributed by atoms with Gasteiger partial charge in [-0.15, -0.1) is 0 Å². The zero-order chi connectivity index (χ0) is 8.97. The summed E-state index contributed by atoms with van der Waals surface area (Å²) in [6.07, 6.45) is 1.47. The Hall–Kier alpha value is -1.13. The van der Waals surface area contributed by atoms with Crippen LogP contribution >= 0.6 is 11.6 Å². The van der Waals surface area contributed by atoms with Crippen LogP contribution < -0.4 is 11.1 Å². The van der Waals surface area contributed by atoms with E-state index >= 15 is 0 Å². The van der Waals surface area contributed by atoms with Crippen molar-refractivity contribution in [1.29, 1.82) is 0 Å². The van der Waals surface area contributed by atoms with E-state index in [0.29, 0.717) is 10.8 Å². The second-order valence-corrected chi connectivity index (χ2v) is 2.51. The smallest absolute Gasteiger partial charge is 0.238 e. The molecule has 1 heterocycles. The molecule has 1 aromatic heterocycles. The first-order valence-corrected chi connectivity index (χ1v) is 3.71. The van der Waals surface area contributed by atoms with Crippen LogP contribution in [-0.2, 0) is 4.79 Å². The molecule has 0 aliphatic rings. The third-order valence-electron chi connectivity index (χ3n) is 1.20. The number of anilines is 1. The lowest BCUT2D eigenvalue weighted by atomic mass is 10.4. The summed E-state index contributed by atoms with van der Waals surface area (Å²) < 4.78 is 0. The van der Waals surface area contributed by atoms with Crippen LogP contribution in [0.15, 0.2) is 18.3 Å². The average molecular weight is 186 g/mol. The molecule has 0 spiro atoms. The van der Waals surface area contributed by atoms with Gasteiger partial charge in [-0.2, -0.15) is 0 Å². The molecular formula is C7H8ClN3O. The molecule has 0 aliphatic heterocycles. The van der Waals surface area contributed by atoms with Gasteiger partial charge in [-0.1, -0.05) is 11.6 Å². The monoisotopic (exact) mass is 185 g/mol. The lowest BCUT2D eigenvalue weighted by Gasteiger charge is -2.01.